The molecule has 1 aromatic heterocycles. The summed E-state index contributed by atoms with van der Waals surface area (Å²) in [6.45, 7) is 1.60. The Morgan fingerprint density at radius 3 is 2.94 bits per heavy atom. The first-order chi connectivity index (χ1) is 8.11. The van der Waals surface area contributed by atoms with Crippen molar-refractivity contribution in [3.63, 3.8) is 0 Å². The van der Waals surface area contributed by atoms with Gasteiger partial charge in [0.05, 0.1) is 11.3 Å². The maximum atomic E-state index is 10.2. The monoisotopic (exact) mass is 234 g/mol. The van der Waals surface area contributed by atoms with Crippen molar-refractivity contribution in [2.45, 2.75) is 6.54 Å². The highest BCUT2D eigenvalue weighted by molar-refractivity contribution is 5.64. The zero-order chi connectivity index (χ0) is 12.7. The van der Waals surface area contributed by atoms with Crippen molar-refractivity contribution >= 4 is 6.09 Å². The van der Waals surface area contributed by atoms with E-state index in [1.165, 1.54) is 6.20 Å². The Bertz CT molecular complexity index is 410. The lowest BCUT2D eigenvalue weighted by atomic mass is 10.2. The van der Waals surface area contributed by atoms with Gasteiger partial charge in [0.15, 0.2) is 0 Å². The van der Waals surface area contributed by atoms with Crippen LogP contribution in [0.25, 0.3) is 0 Å². The second-order valence-corrected chi connectivity index (χ2v) is 3.62. The third kappa shape index (κ3) is 4.95. The number of nitrogens with zero attached hydrogens (tertiary/aromatic N) is 3. The fourth-order valence-corrected chi connectivity index (χ4v) is 1.29. The number of nitriles is 1. The first-order valence-corrected chi connectivity index (χ1v) is 5.12. The summed E-state index contributed by atoms with van der Waals surface area (Å²) in [5.41, 5.74) is 1.38. The normalized spacial score (nSPS) is 9.94. The van der Waals surface area contributed by atoms with E-state index in [1.54, 1.807) is 12.1 Å². The third-order valence-corrected chi connectivity index (χ3v) is 2.16. The summed E-state index contributed by atoms with van der Waals surface area (Å²) in [5, 5.41) is 19.3. The molecule has 1 rings (SSSR count). The van der Waals surface area contributed by atoms with Crippen LogP contribution in [0, 0.1) is 11.3 Å². The second kappa shape index (κ2) is 6.45. The van der Waals surface area contributed by atoms with E-state index in [0.29, 0.717) is 25.2 Å². The SMILES string of the molecule is CN(CCNC(=O)O)Cc1ccc(C#N)cn1. The molecule has 1 heterocycles. The fraction of sp³-hybridized carbons (Fsp3) is 0.364. The molecule has 90 valence electrons. The number of hydrogen-bond donors (Lipinski definition) is 2. The van der Waals surface area contributed by atoms with Crippen LogP contribution in [0.2, 0.25) is 0 Å². The van der Waals surface area contributed by atoms with Gasteiger partial charge in [0.1, 0.15) is 6.07 Å². The lowest BCUT2D eigenvalue weighted by Crippen LogP contribution is -2.31. The van der Waals surface area contributed by atoms with Gasteiger partial charge in [-0.25, -0.2) is 4.79 Å². The summed E-state index contributed by atoms with van der Waals surface area (Å²) < 4.78 is 0. The molecule has 0 aliphatic carbocycles. The fourth-order valence-electron chi connectivity index (χ4n) is 1.29. The molecular weight excluding hydrogens is 220 g/mol. The van der Waals surface area contributed by atoms with Crippen molar-refractivity contribution in [3.05, 3.63) is 29.6 Å². The van der Waals surface area contributed by atoms with E-state index in [9.17, 15) is 4.79 Å². The van der Waals surface area contributed by atoms with Crippen LogP contribution in [0.15, 0.2) is 18.3 Å². The van der Waals surface area contributed by atoms with Crippen LogP contribution >= 0.6 is 0 Å². The third-order valence-electron chi connectivity index (χ3n) is 2.16. The van der Waals surface area contributed by atoms with Crippen molar-refractivity contribution in [2.24, 2.45) is 0 Å². The summed E-state index contributed by atoms with van der Waals surface area (Å²) in [7, 11) is 1.88. The molecule has 2 N–H and O–H groups in total. The molecule has 0 spiro atoms. The van der Waals surface area contributed by atoms with Crippen molar-refractivity contribution in [1.29, 1.82) is 5.26 Å². The average molecular weight is 234 g/mol. The summed E-state index contributed by atoms with van der Waals surface area (Å²) in [6.07, 6.45) is 0.508. The van der Waals surface area contributed by atoms with E-state index in [4.69, 9.17) is 10.4 Å². The highest BCUT2D eigenvalue weighted by atomic mass is 16.4. The molecule has 0 bridgehead atoms. The van der Waals surface area contributed by atoms with Gasteiger partial charge < -0.3 is 10.4 Å². The number of hydrogen-bond acceptors (Lipinski definition) is 4. The van der Waals surface area contributed by atoms with Gasteiger partial charge in [-0.15, -0.1) is 0 Å². The molecule has 1 amide bonds. The molecule has 0 aliphatic heterocycles. The van der Waals surface area contributed by atoms with Crippen LogP contribution < -0.4 is 5.32 Å². The zero-order valence-electron chi connectivity index (χ0n) is 9.55. The van der Waals surface area contributed by atoms with E-state index in [-0.39, 0.29) is 0 Å². The highest BCUT2D eigenvalue weighted by Crippen LogP contribution is 2.01. The quantitative estimate of drug-likeness (QED) is 0.780. The van der Waals surface area contributed by atoms with Gasteiger partial charge in [-0.1, -0.05) is 0 Å². The lowest BCUT2D eigenvalue weighted by Gasteiger charge is -2.15. The molecule has 0 unspecified atom stereocenters. The van der Waals surface area contributed by atoms with Gasteiger partial charge in [0, 0.05) is 25.8 Å². The number of carboxylic acid groups (broad SMARTS) is 1. The van der Waals surface area contributed by atoms with E-state index in [0.717, 1.165) is 5.69 Å². The molecule has 6 heteroatoms. The minimum Gasteiger partial charge on any atom is -0.465 e. The Labute approximate surface area is 99.5 Å². The van der Waals surface area contributed by atoms with E-state index in [1.807, 2.05) is 18.0 Å². The number of pyridine rings is 1. The van der Waals surface area contributed by atoms with Crippen molar-refractivity contribution < 1.29 is 9.90 Å². The first-order valence-electron chi connectivity index (χ1n) is 5.12. The number of amides is 1. The molecule has 0 saturated carbocycles. The predicted octanol–water partition coefficient (Wildman–Crippen LogP) is 0.653. The van der Waals surface area contributed by atoms with Gasteiger partial charge in [-0.05, 0) is 19.2 Å². The van der Waals surface area contributed by atoms with Gasteiger partial charge in [-0.2, -0.15) is 5.26 Å². The highest BCUT2D eigenvalue weighted by Gasteiger charge is 2.02. The van der Waals surface area contributed by atoms with E-state index < -0.39 is 6.09 Å². The molecule has 0 aromatic carbocycles. The Kier molecular flexibility index (Phi) is 4.91. The summed E-state index contributed by atoms with van der Waals surface area (Å²) in [4.78, 5) is 16.3. The zero-order valence-corrected chi connectivity index (χ0v) is 9.55. The Morgan fingerprint density at radius 2 is 2.41 bits per heavy atom. The molecule has 0 atom stereocenters. The number of aromatic nitrogens is 1. The predicted molar refractivity (Wildman–Crippen MR) is 61.3 cm³/mol. The smallest absolute Gasteiger partial charge is 0.404 e. The maximum Gasteiger partial charge on any atom is 0.404 e. The van der Waals surface area contributed by atoms with Crippen molar-refractivity contribution in [3.8, 4) is 6.07 Å². The Morgan fingerprint density at radius 1 is 1.65 bits per heavy atom. The van der Waals surface area contributed by atoms with Gasteiger partial charge in [0.2, 0.25) is 0 Å². The molecule has 1 aromatic rings. The number of rotatable bonds is 5. The minimum atomic E-state index is -1.02. The van der Waals surface area contributed by atoms with Crippen LogP contribution in [0.4, 0.5) is 4.79 Å². The molecule has 0 radical (unpaired) electrons. The molecular formula is C11H14N4O2. The van der Waals surface area contributed by atoms with E-state index in [2.05, 4.69) is 10.3 Å². The average Bonchev–Trinajstić information content (AvgIpc) is 2.29. The van der Waals surface area contributed by atoms with Crippen LogP contribution in [0.1, 0.15) is 11.3 Å². The molecule has 17 heavy (non-hydrogen) atoms. The van der Waals surface area contributed by atoms with Gasteiger partial charge in [0.25, 0.3) is 0 Å². The van der Waals surface area contributed by atoms with Crippen molar-refractivity contribution in [1.82, 2.24) is 15.2 Å². The molecule has 0 fully saturated rings. The molecule has 0 aliphatic rings. The summed E-state index contributed by atoms with van der Waals surface area (Å²) in [5.74, 6) is 0. The minimum absolute atomic E-state index is 0.377. The maximum absolute atomic E-state index is 10.2. The molecule has 0 saturated heterocycles. The van der Waals surface area contributed by atoms with Gasteiger partial charge >= 0.3 is 6.09 Å². The van der Waals surface area contributed by atoms with Crippen LogP contribution in [-0.4, -0.2) is 41.2 Å². The van der Waals surface area contributed by atoms with Gasteiger partial charge in [-0.3, -0.25) is 9.88 Å². The Balaban J connectivity index is 2.37. The van der Waals surface area contributed by atoms with E-state index >= 15 is 0 Å². The number of carbonyl (C=O) groups is 1. The largest absolute Gasteiger partial charge is 0.465 e. The van der Waals surface area contributed by atoms with Crippen LogP contribution in [0.5, 0.6) is 0 Å². The standard InChI is InChI=1S/C11H14N4O2/c1-15(5-4-13-11(16)17)8-10-3-2-9(6-12)7-14-10/h2-3,7,13H,4-5,8H2,1H3,(H,16,17). The summed E-state index contributed by atoms with van der Waals surface area (Å²) >= 11 is 0. The van der Waals surface area contributed by atoms with Crippen molar-refractivity contribution in [2.75, 3.05) is 20.1 Å². The second-order valence-electron chi connectivity index (χ2n) is 3.62. The number of likely N-dealkylation sites (N-methyl/N-ethyl adjacent to an activating group) is 1. The Hall–Kier alpha value is -2.13. The van der Waals surface area contributed by atoms with Crippen LogP contribution in [-0.2, 0) is 6.54 Å². The summed E-state index contributed by atoms with van der Waals surface area (Å²) in [6, 6.07) is 5.51. The first kappa shape index (κ1) is 12.9. The topological polar surface area (TPSA) is 89.3 Å². The molecule has 6 nitrogen and oxygen atoms in total. The lowest BCUT2D eigenvalue weighted by molar-refractivity contribution is 0.192. The van der Waals surface area contributed by atoms with Crippen LogP contribution in [0.3, 0.4) is 0 Å². The number of nitrogens with one attached hydrogen (secondary N) is 1.